The smallest absolute Gasteiger partial charge is 0.219 e. The molecule has 3 aliphatic heterocycles. The summed E-state index contributed by atoms with van der Waals surface area (Å²) in [5, 5.41) is 8.93. The van der Waals surface area contributed by atoms with Crippen LogP contribution in [0.15, 0.2) is 0 Å². The number of rotatable bonds is 3. The number of ether oxygens (including phenoxy) is 1. The summed E-state index contributed by atoms with van der Waals surface area (Å²) in [5.41, 5.74) is 0. The predicted octanol–water partition coefficient (Wildman–Crippen LogP) is -0.0497. The molecule has 98 valence electrons. The molecule has 0 aliphatic carbocycles. The normalized spacial score (nSPS) is 42.4. The van der Waals surface area contributed by atoms with Crippen LogP contribution in [0.5, 0.6) is 0 Å². The first-order valence-corrected chi connectivity index (χ1v) is 7.86. The number of aliphatic hydroxyl groups excluding tert-OH is 1. The maximum atomic E-state index is 12.5. The lowest BCUT2D eigenvalue weighted by atomic mass is 9.90. The maximum Gasteiger partial charge on any atom is 0.219 e. The van der Waals surface area contributed by atoms with Gasteiger partial charge in [0.1, 0.15) is 5.25 Å². The van der Waals surface area contributed by atoms with Crippen molar-refractivity contribution in [3.05, 3.63) is 0 Å². The standard InChI is InChI=1S/C11H19NO4S/c13-6-8-5-9-1-2-11(8)12(9)17(14,15)10-3-4-16-7-10/h8-11,13H,1-7H2. The predicted molar refractivity (Wildman–Crippen MR) is 62.0 cm³/mol. The first-order chi connectivity index (χ1) is 8.14. The highest BCUT2D eigenvalue weighted by Crippen LogP contribution is 2.44. The molecule has 0 spiro atoms. The zero-order valence-electron chi connectivity index (χ0n) is 9.79. The molecule has 5 nitrogen and oxygen atoms in total. The first kappa shape index (κ1) is 11.9. The largest absolute Gasteiger partial charge is 0.396 e. The van der Waals surface area contributed by atoms with Gasteiger partial charge in [-0.1, -0.05) is 0 Å². The fraction of sp³-hybridized carbons (Fsp3) is 1.00. The second-order valence-electron chi connectivity index (χ2n) is 5.34. The molecule has 3 saturated heterocycles. The molecule has 2 bridgehead atoms. The maximum absolute atomic E-state index is 12.5. The van der Waals surface area contributed by atoms with Crippen LogP contribution in [0.25, 0.3) is 0 Å². The van der Waals surface area contributed by atoms with Crippen LogP contribution in [-0.2, 0) is 14.8 Å². The molecule has 3 rings (SSSR count). The van der Waals surface area contributed by atoms with Crippen molar-refractivity contribution in [1.29, 1.82) is 0 Å². The Balaban J connectivity index is 1.85. The van der Waals surface area contributed by atoms with E-state index in [2.05, 4.69) is 0 Å². The van der Waals surface area contributed by atoms with Crippen molar-refractivity contribution in [2.45, 2.75) is 43.0 Å². The SMILES string of the molecule is O=S(=O)(C1CCOC1)N1C2CCC1C(CO)C2. The number of nitrogens with zero attached hydrogens (tertiary/aromatic N) is 1. The summed E-state index contributed by atoms with van der Waals surface area (Å²) in [5.74, 6) is 0.144. The van der Waals surface area contributed by atoms with Gasteiger partial charge in [-0.05, 0) is 25.7 Å². The Morgan fingerprint density at radius 3 is 2.71 bits per heavy atom. The van der Waals surface area contributed by atoms with Crippen LogP contribution in [0.3, 0.4) is 0 Å². The third-order valence-corrected chi connectivity index (χ3v) is 6.81. The molecule has 17 heavy (non-hydrogen) atoms. The van der Waals surface area contributed by atoms with Crippen LogP contribution < -0.4 is 0 Å². The highest BCUT2D eigenvalue weighted by atomic mass is 32.2. The number of fused-ring (bicyclic) bond motifs is 2. The van der Waals surface area contributed by atoms with Gasteiger partial charge in [-0.2, -0.15) is 4.31 Å². The minimum absolute atomic E-state index is 0.0376. The lowest BCUT2D eigenvalue weighted by Gasteiger charge is -2.25. The molecular weight excluding hydrogens is 242 g/mol. The molecule has 4 unspecified atom stereocenters. The van der Waals surface area contributed by atoms with Gasteiger partial charge in [0, 0.05) is 31.2 Å². The molecule has 3 aliphatic rings. The lowest BCUT2D eigenvalue weighted by Crippen LogP contribution is -2.43. The average Bonchev–Trinajstić information content (AvgIpc) is 3.03. The third-order valence-electron chi connectivity index (χ3n) is 4.44. The highest BCUT2D eigenvalue weighted by molar-refractivity contribution is 7.89. The fourth-order valence-electron chi connectivity index (χ4n) is 3.57. The molecule has 0 amide bonds. The van der Waals surface area contributed by atoms with Crippen molar-refractivity contribution in [2.75, 3.05) is 19.8 Å². The Morgan fingerprint density at radius 2 is 2.12 bits per heavy atom. The van der Waals surface area contributed by atoms with Crippen molar-refractivity contribution < 1.29 is 18.3 Å². The molecule has 0 radical (unpaired) electrons. The van der Waals surface area contributed by atoms with Crippen molar-refractivity contribution in [1.82, 2.24) is 4.31 Å². The molecule has 1 N–H and O–H groups in total. The lowest BCUT2D eigenvalue weighted by molar-refractivity contribution is 0.193. The van der Waals surface area contributed by atoms with E-state index in [1.54, 1.807) is 4.31 Å². The minimum atomic E-state index is -3.22. The van der Waals surface area contributed by atoms with Crippen LogP contribution in [0.1, 0.15) is 25.7 Å². The van der Waals surface area contributed by atoms with E-state index < -0.39 is 10.0 Å². The van der Waals surface area contributed by atoms with Gasteiger partial charge in [-0.15, -0.1) is 0 Å². The van der Waals surface area contributed by atoms with Gasteiger partial charge < -0.3 is 9.84 Å². The minimum Gasteiger partial charge on any atom is -0.396 e. The topological polar surface area (TPSA) is 66.8 Å². The van der Waals surface area contributed by atoms with Gasteiger partial charge in [0.25, 0.3) is 0 Å². The summed E-state index contributed by atoms with van der Waals surface area (Å²) in [6, 6.07) is 0.165. The Bertz CT molecular complexity index is 390. The van der Waals surface area contributed by atoms with Gasteiger partial charge in [0.2, 0.25) is 10.0 Å². The highest BCUT2D eigenvalue weighted by Gasteiger charge is 2.53. The zero-order valence-corrected chi connectivity index (χ0v) is 10.6. The summed E-state index contributed by atoms with van der Waals surface area (Å²) in [4.78, 5) is 0. The summed E-state index contributed by atoms with van der Waals surface area (Å²) in [6.45, 7) is 0.993. The van der Waals surface area contributed by atoms with Crippen molar-refractivity contribution in [3.8, 4) is 0 Å². The van der Waals surface area contributed by atoms with E-state index in [4.69, 9.17) is 4.74 Å². The van der Waals surface area contributed by atoms with Crippen LogP contribution in [-0.4, -0.2) is 55.0 Å². The zero-order chi connectivity index (χ0) is 12.0. The van der Waals surface area contributed by atoms with E-state index in [9.17, 15) is 13.5 Å². The summed E-state index contributed by atoms with van der Waals surface area (Å²) >= 11 is 0. The van der Waals surface area contributed by atoms with Crippen LogP contribution in [0.4, 0.5) is 0 Å². The van der Waals surface area contributed by atoms with Gasteiger partial charge in [-0.25, -0.2) is 8.42 Å². The van der Waals surface area contributed by atoms with Gasteiger partial charge in [0.15, 0.2) is 0 Å². The van der Waals surface area contributed by atoms with E-state index in [0.717, 1.165) is 19.3 Å². The van der Waals surface area contributed by atoms with E-state index in [-0.39, 0.29) is 29.9 Å². The Morgan fingerprint density at radius 1 is 1.29 bits per heavy atom. The molecule has 3 fully saturated rings. The summed E-state index contributed by atoms with van der Waals surface area (Å²) < 4.78 is 31.9. The van der Waals surface area contributed by atoms with Crippen molar-refractivity contribution in [3.63, 3.8) is 0 Å². The molecule has 0 aromatic heterocycles. The van der Waals surface area contributed by atoms with Gasteiger partial charge >= 0.3 is 0 Å². The fourth-order valence-corrected chi connectivity index (χ4v) is 5.84. The second-order valence-corrected chi connectivity index (χ2v) is 7.46. The number of aliphatic hydroxyl groups is 1. The summed E-state index contributed by atoms with van der Waals surface area (Å²) in [6.07, 6.45) is 3.30. The first-order valence-electron chi connectivity index (χ1n) is 6.35. The van der Waals surface area contributed by atoms with Gasteiger partial charge in [-0.3, -0.25) is 0 Å². The third kappa shape index (κ3) is 1.73. The second kappa shape index (κ2) is 4.19. The number of hydrogen-bond donors (Lipinski definition) is 1. The monoisotopic (exact) mass is 261 g/mol. The molecule has 0 aromatic carbocycles. The van der Waals surface area contributed by atoms with Gasteiger partial charge in [0.05, 0.1) is 6.61 Å². The quantitative estimate of drug-likeness (QED) is 0.773. The Kier molecular flexibility index (Phi) is 2.93. The Labute approximate surface area is 102 Å². The summed E-state index contributed by atoms with van der Waals surface area (Å²) in [7, 11) is -3.22. The molecule has 0 aromatic rings. The van der Waals surface area contributed by atoms with E-state index in [1.807, 2.05) is 0 Å². The van der Waals surface area contributed by atoms with Crippen LogP contribution in [0, 0.1) is 5.92 Å². The van der Waals surface area contributed by atoms with E-state index >= 15 is 0 Å². The van der Waals surface area contributed by atoms with Crippen molar-refractivity contribution in [2.24, 2.45) is 5.92 Å². The molecule has 6 heteroatoms. The van der Waals surface area contributed by atoms with E-state index in [1.165, 1.54) is 0 Å². The van der Waals surface area contributed by atoms with E-state index in [0.29, 0.717) is 19.6 Å². The average molecular weight is 261 g/mol. The number of hydrogen-bond acceptors (Lipinski definition) is 4. The number of sulfonamides is 1. The van der Waals surface area contributed by atoms with Crippen LogP contribution in [0.2, 0.25) is 0 Å². The molecular formula is C11H19NO4S. The molecule has 3 heterocycles. The Hall–Kier alpha value is -0.170. The van der Waals surface area contributed by atoms with Crippen LogP contribution >= 0.6 is 0 Å². The van der Waals surface area contributed by atoms with Crippen molar-refractivity contribution >= 4 is 10.0 Å². The molecule has 0 saturated carbocycles. The molecule has 4 atom stereocenters.